The second-order valence-electron chi connectivity index (χ2n) is 5.60. The van der Waals surface area contributed by atoms with E-state index in [4.69, 9.17) is 0 Å². The molecule has 0 bridgehead atoms. The normalized spacial score (nSPS) is 11.6. The number of rotatable bonds is 12. The van der Waals surface area contributed by atoms with Crippen LogP contribution in [0.4, 0.5) is 0 Å². The fraction of sp³-hybridized carbons (Fsp3) is 1.00. The minimum absolute atomic E-state index is 0.765. The fourth-order valence-electron chi connectivity index (χ4n) is 2.20. The minimum atomic E-state index is 0.765. The lowest BCUT2D eigenvalue weighted by Gasteiger charge is -2.16. The molecule has 0 fully saturated rings. The van der Waals surface area contributed by atoms with Crippen molar-refractivity contribution in [1.29, 1.82) is 0 Å². The Balaban J connectivity index is 3.29. The largest absolute Gasteiger partial charge is 0.316 e. The van der Waals surface area contributed by atoms with Crippen molar-refractivity contribution in [3.8, 4) is 0 Å². The van der Waals surface area contributed by atoms with Crippen molar-refractivity contribution in [2.75, 3.05) is 26.2 Å². The molecule has 0 heterocycles. The van der Waals surface area contributed by atoms with Crippen molar-refractivity contribution in [1.82, 2.24) is 10.6 Å². The molecule has 0 saturated heterocycles. The van der Waals surface area contributed by atoms with Gasteiger partial charge in [0, 0.05) is 0 Å². The Kier molecular flexibility index (Phi) is 12.3. The monoisotopic (exact) mass is 242 g/mol. The van der Waals surface area contributed by atoms with Gasteiger partial charge in [-0.15, -0.1) is 0 Å². The van der Waals surface area contributed by atoms with Gasteiger partial charge in [0.1, 0.15) is 0 Å². The molecule has 0 aromatic carbocycles. The zero-order valence-corrected chi connectivity index (χ0v) is 12.5. The van der Waals surface area contributed by atoms with Gasteiger partial charge >= 0.3 is 0 Å². The molecule has 0 aromatic rings. The molecule has 0 rings (SSSR count). The lowest BCUT2D eigenvalue weighted by Crippen LogP contribution is -2.27. The van der Waals surface area contributed by atoms with Crippen molar-refractivity contribution in [3.05, 3.63) is 0 Å². The molecule has 0 aliphatic carbocycles. The Morgan fingerprint density at radius 1 is 0.824 bits per heavy atom. The maximum Gasteiger partial charge on any atom is -0.00205 e. The SMILES string of the molecule is CCCC(CCC)CNCCCNCC(C)C. The smallest absolute Gasteiger partial charge is 0.00205 e. The average molecular weight is 242 g/mol. The summed E-state index contributed by atoms with van der Waals surface area (Å²) in [6, 6.07) is 0. The standard InChI is InChI=1S/C15H34N2/c1-5-8-15(9-6-2)13-17-11-7-10-16-12-14(3)4/h14-17H,5-13H2,1-4H3. The van der Waals surface area contributed by atoms with Crippen LogP contribution in [0.1, 0.15) is 59.8 Å². The van der Waals surface area contributed by atoms with Crippen molar-refractivity contribution >= 4 is 0 Å². The van der Waals surface area contributed by atoms with Crippen LogP contribution in [0.2, 0.25) is 0 Å². The van der Waals surface area contributed by atoms with Crippen LogP contribution in [0.5, 0.6) is 0 Å². The highest BCUT2D eigenvalue weighted by molar-refractivity contribution is 4.62. The Morgan fingerprint density at radius 2 is 1.35 bits per heavy atom. The molecule has 0 aliphatic rings. The van der Waals surface area contributed by atoms with Gasteiger partial charge in [-0.1, -0.05) is 40.5 Å². The van der Waals surface area contributed by atoms with Crippen LogP contribution >= 0.6 is 0 Å². The molecular formula is C15H34N2. The first-order valence-electron chi connectivity index (χ1n) is 7.62. The highest BCUT2D eigenvalue weighted by atomic mass is 14.9. The second-order valence-corrected chi connectivity index (χ2v) is 5.60. The molecule has 0 aliphatic heterocycles. The van der Waals surface area contributed by atoms with Gasteiger partial charge in [0.2, 0.25) is 0 Å². The van der Waals surface area contributed by atoms with Crippen molar-refractivity contribution in [3.63, 3.8) is 0 Å². The Hall–Kier alpha value is -0.0800. The Bertz CT molecular complexity index is 140. The summed E-state index contributed by atoms with van der Waals surface area (Å²) in [7, 11) is 0. The van der Waals surface area contributed by atoms with E-state index in [2.05, 4.69) is 38.3 Å². The third-order valence-electron chi connectivity index (χ3n) is 3.09. The lowest BCUT2D eigenvalue weighted by molar-refractivity contribution is 0.407. The highest BCUT2D eigenvalue weighted by Crippen LogP contribution is 2.11. The summed E-state index contributed by atoms with van der Waals surface area (Å²) in [5.74, 6) is 1.66. The molecule has 0 unspecified atom stereocenters. The number of nitrogens with one attached hydrogen (secondary N) is 2. The summed E-state index contributed by atoms with van der Waals surface area (Å²) < 4.78 is 0. The van der Waals surface area contributed by atoms with Gasteiger partial charge in [-0.2, -0.15) is 0 Å². The van der Waals surface area contributed by atoms with E-state index in [0.29, 0.717) is 0 Å². The molecule has 0 spiro atoms. The van der Waals surface area contributed by atoms with Crippen LogP contribution in [0.15, 0.2) is 0 Å². The Labute approximate surface area is 109 Å². The summed E-state index contributed by atoms with van der Waals surface area (Å²) in [4.78, 5) is 0. The third-order valence-corrected chi connectivity index (χ3v) is 3.09. The minimum Gasteiger partial charge on any atom is -0.316 e. The topological polar surface area (TPSA) is 24.1 Å². The first kappa shape index (κ1) is 16.9. The molecule has 2 N–H and O–H groups in total. The van der Waals surface area contributed by atoms with Crippen molar-refractivity contribution in [2.24, 2.45) is 11.8 Å². The summed E-state index contributed by atoms with van der Waals surface area (Å²) in [6.07, 6.45) is 6.65. The van der Waals surface area contributed by atoms with E-state index in [0.717, 1.165) is 31.5 Å². The van der Waals surface area contributed by atoms with E-state index in [1.807, 2.05) is 0 Å². The first-order valence-corrected chi connectivity index (χ1v) is 7.62. The summed E-state index contributed by atoms with van der Waals surface area (Å²) in [5.41, 5.74) is 0. The van der Waals surface area contributed by atoms with Crippen LogP contribution < -0.4 is 10.6 Å². The van der Waals surface area contributed by atoms with Crippen LogP contribution in [-0.4, -0.2) is 26.2 Å². The molecule has 2 nitrogen and oxygen atoms in total. The van der Waals surface area contributed by atoms with Gasteiger partial charge in [0.05, 0.1) is 0 Å². The summed E-state index contributed by atoms with van der Waals surface area (Å²) >= 11 is 0. The second kappa shape index (κ2) is 12.4. The van der Waals surface area contributed by atoms with Gasteiger partial charge in [0.25, 0.3) is 0 Å². The molecule has 17 heavy (non-hydrogen) atoms. The van der Waals surface area contributed by atoms with Gasteiger partial charge in [-0.3, -0.25) is 0 Å². The van der Waals surface area contributed by atoms with E-state index in [1.165, 1.54) is 38.6 Å². The van der Waals surface area contributed by atoms with E-state index >= 15 is 0 Å². The van der Waals surface area contributed by atoms with Crippen molar-refractivity contribution < 1.29 is 0 Å². The number of hydrogen-bond donors (Lipinski definition) is 2. The van der Waals surface area contributed by atoms with Crippen LogP contribution in [0.25, 0.3) is 0 Å². The predicted octanol–water partition coefficient (Wildman–Crippen LogP) is 3.43. The van der Waals surface area contributed by atoms with E-state index < -0.39 is 0 Å². The average Bonchev–Trinajstić information content (AvgIpc) is 2.28. The molecular weight excluding hydrogens is 208 g/mol. The molecule has 0 atom stereocenters. The van der Waals surface area contributed by atoms with Gasteiger partial charge in [-0.05, 0) is 57.3 Å². The molecule has 0 radical (unpaired) electrons. The zero-order valence-electron chi connectivity index (χ0n) is 12.5. The molecule has 104 valence electrons. The summed E-state index contributed by atoms with van der Waals surface area (Å²) in [5, 5.41) is 7.09. The van der Waals surface area contributed by atoms with E-state index in [-0.39, 0.29) is 0 Å². The fourth-order valence-corrected chi connectivity index (χ4v) is 2.20. The van der Waals surface area contributed by atoms with E-state index in [1.54, 1.807) is 0 Å². The lowest BCUT2D eigenvalue weighted by atomic mass is 9.98. The molecule has 0 aromatic heterocycles. The van der Waals surface area contributed by atoms with Crippen LogP contribution in [0.3, 0.4) is 0 Å². The zero-order chi connectivity index (χ0) is 12.9. The predicted molar refractivity (Wildman–Crippen MR) is 78.5 cm³/mol. The van der Waals surface area contributed by atoms with Crippen LogP contribution in [0, 0.1) is 11.8 Å². The first-order chi connectivity index (χ1) is 8.20. The van der Waals surface area contributed by atoms with Crippen LogP contribution in [-0.2, 0) is 0 Å². The van der Waals surface area contributed by atoms with Gasteiger partial charge in [-0.25, -0.2) is 0 Å². The Morgan fingerprint density at radius 3 is 1.82 bits per heavy atom. The highest BCUT2D eigenvalue weighted by Gasteiger charge is 2.05. The van der Waals surface area contributed by atoms with Gasteiger partial charge in [0.15, 0.2) is 0 Å². The molecule has 2 heteroatoms. The van der Waals surface area contributed by atoms with Gasteiger partial charge < -0.3 is 10.6 Å². The maximum atomic E-state index is 3.60. The number of hydrogen-bond acceptors (Lipinski definition) is 2. The maximum absolute atomic E-state index is 3.60. The van der Waals surface area contributed by atoms with E-state index in [9.17, 15) is 0 Å². The quantitative estimate of drug-likeness (QED) is 0.512. The third kappa shape index (κ3) is 12.2. The van der Waals surface area contributed by atoms with Crippen molar-refractivity contribution in [2.45, 2.75) is 59.8 Å². The summed E-state index contributed by atoms with van der Waals surface area (Å²) in [6.45, 7) is 13.8. The molecule has 0 amide bonds. The molecule has 0 saturated carbocycles.